The molecule has 0 heterocycles. The van der Waals surface area contributed by atoms with E-state index in [-0.39, 0.29) is 11.9 Å². The predicted molar refractivity (Wildman–Crippen MR) is 68.0 cm³/mol. The van der Waals surface area contributed by atoms with Crippen LogP contribution >= 0.6 is 0 Å². The molecule has 1 aromatic rings. The van der Waals surface area contributed by atoms with Crippen molar-refractivity contribution in [3.05, 3.63) is 29.8 Å². The van der Waals surface area contributed by atoms with Crippen LogP contribution in [0.25, 0.3) is 0 Å². The van der Waals surface area contributed by atoms with Gasteiger partial charge in [0.25, 0.3) is 0 Å². The molecule has 1 aromatic carbocycles. The van der Waals surface area contributed by atoms with Crippen LogP contribution in [0.1, 0.15) is 5.56 Å². The van der Waals surface area contributed by atoms with Gasteiger partial charge in [-0.15, -0.1) is 0 Å². The highest BCUT2D eigenvalue weighted by Crippen LogP contribution is 2.12. The van der Waals surface area contributed by atoms with E-state index >= 15 is 0 Å². The maximum atomic E-state index is 7.61. The van der Waals surface area contributed by atoms with E-state index in [9.17, 15) is 0 Å². The second kappa shape index (κ2) is 5.74. The maximum absolute atomic E-state index is 7.61. The average Bonchev–Trinajstić information content (AvgIpc) is 2.29. The van der Waals surface area contributed by atoms with Crippen LogP contribution in [0.2, 0.25) is 0 Å². The molecule has 17 heavy (non-hydrogen) atoms. The molecule has 1 rings (SSSR count). The molecule has 0 radical (unpaired) electrons. The molecule has 0 saturated carbocycles. The number of nitrogens with one attached hydrogen (secondary N) is 1. The highest BCUT2D eigenvalue weighted by atomic mass is 16.5. The minimum Gasteiger partial charge on any atom is -0.497 e. The van der Waals surface area contributed by atoms with Gasteiger partial charge >= 0.3 is 0 Å². The number of guanidine groups is 2. The van der Waals surface area contributed by atoms with Gasteiger partial charge in [0.1, 0.15) is 5.75 Å². The molecule has 0 aliphatic heterocycles. The summed E-state index contributed by atoms with van der Waals surface area (Å²) >= 11 is 0. The van der Waals surface area contributed by atoms with Gasteiger partial charge in [-0.05, 0) is 17.7 Å². The summed E-state index contributed by atoms with van der Waals surface area (Å²) in [5.41, 5.74) is 11.5. The predicted octanol–water partition coefficient (Wildman–Crippen LogP) is 0.335. The van der Waals surface area contributed by atoms with Crippen LogP contribution in [0.4, 0.5) is 0 Å². The van der Waals surface area contributed by atoms with Crippen molar-refractivity contribution in [3.8, 4) is 5.75 Å². The van der Waals surface area contributed by atoms with Crippen molar-refractivity contribution >= 4 is 11.9 Å². The molecule has 0 saturated heterocycles. The lowest BCUT2D eigenvalue weighted by molar-refractivity contribution is 0.414. The molecule has 5 N–H and O–H groups in total. The van der Waals surface area contributed by atoms with Crippen LogP contribution in [0.15, 0.2) is 29.3 Å². The first-order valence-corrected chi connectivity index (χ1v) is 5.05. The van der Waals surface area contributed by atoms with Gasteiger partial charge in [-0.25, -0.2) is 0 Å². The zero-order valence-electron chi connectivity index (χ0n) is 9.97. The van der Waals surface area contributed by atoms with Crippen molar-refractivity contribution in [3.63, 3.8) is 0 Å². The fraction of sp³-hybridized carbons (Fsp3) is 0.273. The van der Waals surface area contributed by atoms with Crippen LogP contribution in [-0.4, -0.2) is 31.0 Å². The second-order valence-electron chi connectivity index (χ2n) is 3.56. The summed E-state index contributed by atoms with van der Waals surface area (Å²) in [4.78, 5) is 5.30. The summed E-state index contributed by atoms with van der Waals surface area (Å²) in [6.07, 6.45) is 0. The molecule has 0 aliphatic rings. The minimum atomic E-state index is -0.114. The highest BCUT2D eigenvalue weighted by Gasteiger charge is 2.04. The van der Waals surface area contributed by atoms with Gasteiger partial charge in [0.15, 0.2) is 5.96 Å². The third kappa shape index (κ3) is 4.02. The molecule has 0 atom stereocenters. The van der Waals surface area contributed by atoms with Gasteiger partial charge in [-0.2, -0.15) is 4.99 Å². The molecule has 0 aromatic heterocycles. The fourth-order valence-corrected chi connectivity index (χ4v) is 1.29. The largest absolute Gasteiger partial charge is 0.497 e. The Kier molecular flexibility index (Phi) is 4.33. The van der Waals surface area contributed by atoms with E-state index in [2.05, 4.69) is 4.99 Å². The number of methoxy groups -OCH3 is 1. The van der Waals surface area contributed by atoms with Crippen LogP contribution < -0.4 is 16.2 Å². The smallest absolute Gasteiger partial charge is 0.221 e. The van der Waals surface area contributed by atoms with Gasteiger partial charge in [0, 0.05) is 13.6 Å². The first-order valence-electron chi connectivity index (χ1n) is 5.05. The van der Waals surface area contributed by atoms with Gasteiger partial charge in [0.2, 0.25) is 5.96 Å². The number of hydrogen-bond donors (Lipinski definition) is 3. The second-order valence-corrected chi connectivity index (χ2v) is 3.56. The lowest BCUT2D eigenvalue weighted by atomic mass is 10.2. The Balaban J connectivity index is 2.64. The number of benzene rings is 1. The van der Waals surface area contributed by atoms with E-state index < -0.39 is 0 Å². The van der Waals surface area contributed by atoms with Gasteiger partial charge in [-0.1, -0.05) is 12.1 Å². The molecule has 0 spiro atoms. The van der Waals surface area contributed by atoms with E-state index in [1.54, 1.807) is 19.1 Å². The van der Waals surface area contributed by atoms with Gasteiger partial charge < -0.3 is 21.1 Å². The minimum absolute atomic E-state index is 0.0285. The monoisotopic (exact) mass is 235 g/mol. The first kappa shape index (κ1) is 12.8. The van der Waals surface area contributed by atoms with Crippen molar-refractivity contribution < 1.29 is 4.74 Å². The Hall–Kier alpha value is -2.24. The molecule has 0 unspecified atom stereocenters. The van der Waals surface area contributed by atoms with Gasteiger partial charge in [-0.3, -0.25) is 5.41 Å². The topological polar surface area (TPSA) is 101 Å². The third-order valence-corrected chi connectivity index (χ3v) is 2.18. The summed E-state index contributed by atoms with van der Waals surface area (Å²) < 4.78 is 5.06. The molecule has 0 bridgehead atoms. The molecule has 6 nitrogen and oxygen atoms in total. The van der Waals surface area contributed by atoms with Crippen LogP contribution in [0.5, 0.6) is 5.75 Å². The molecule has 92 valence electrons. The quantitative estimate of drug-likeness (QED) is 0.519. The summed E-state index contributed by atoms with van der Waals surface area (Å²) in [5.74, 6) is 0.716. The van der Waals surface area contributed by atoms with E-state index in [4.69, 9.17) is 21.6 Å². The Morgan fingerprint density at radius 1 is 1.35 bits per heavy atom. The Morgan fingerprint density at radius 2 is 1.94 bits per heavy atom. The van der Waals surface area contributed by atoms with Crippen molar-refractivity contribution in [1.29, 1.82) is 5.41 Å². The van der Waals surface area contributed by atoms with E-state index in [0.717, 1.165) is 11.3 Å². The molecule has 0 amide bonds. The van der Waals surface area contributed by atoms with Crippen LogP contribution in [0.3, 0.4) is 0 Å². The summed E-state index contributed by atoms with van der Waals surface area (Å²) in [6, 6.07) is 7.59. The number of rotatable bonds is 3. The molecule has 6 heteroatoms. The van der Waals surface area contributed by atoms with Crippen molar-refractivity contribution in [2.45, 2.75) is 6.54 Å². The number of nitrogens with two attached hydrogens (primary N) is 2. The Labute approximate surface area is 100 Å². The summed E-state index contributed by atoms with van der Waals surface area (Å²) in [5, 5.41) is 7.61. The molecular formula is C11H17N5O. The number of hydrogen-bond acceptors (Lipinski definition) is 2. The van der Waals surface area contributed by atoms with Gasteiger partial charge in [0.05, 0.1) is 7.11 Å². The zero-order valence-corrected chi connectivity index (χ0v) is 9.97. The first-order chi connectivity index (χ1) is 8.02. The van der Waals surface area contributed by atoms with E-state index in [1.165, 1.54) is 0 Å². The normalized spacial score (nSPS) is 9.53. The number of nitrogens with zero attached hydrogens (tertiary/aromatic N) is 2. The van der Waals surface area contributed by atoms with Crippen molar-refractivity contribution in [1.82, 2.24) is 4.90 Å². The Morgan fingerprint density at radius 3 is 2.41 bits per heavy atom. The molecule has 0 fully saturated rings. The third-order valence-electron chi connectivity index (χ3n) is 2.18. The van der Waals surface area contributed by atoms with Crippen molar-refractivity contribution in [2.24, 2.45) is 16.5 Å². The Bertz CT molecular complexity index is 408. The molecular weight excluding hydrogens is 218 g/mol. The fourth-order valence-electron chi connectivity index (χ4n) is 1.29. The van der Waals surface area contributed by atoms with E-state index in [0.29, 0.717) is 6.54 Å². The standard InChI is InChI=1S/C11H17N5O/c1-16(11(14)15-10(12)13)7-8-3-5-9(17-2)6-4-8/h3-6H,7H2,1-2H3,(H5,12,13,14,15). The number of aliphatic imine (C=N–C) groups is 1. The summed E-state index contributed by atoms with van der Waals surface area (Å²) in [7, 11) is 3.37. The SMILES string of the molecule is COc1ccc(CN(C)C(=N)N=C(N)N)cc1. The lowest BCUT2D eigenvalue weighted by Gasteiger charge is -2.16. The lowest BCUT2D eigenvalue weighted by Crippen LogP contribution is -2.30. The maximum Gasteiger partial charge on any atom is 0.221 e. The zero-order chi connectivity index (χ0) is 12.8. The summed E-state index contributed by atoms with van der Waals surface area (Å²) in [6.45, 7) is 0.555. The van der Waals surface area contributed by atoms with Crippen molar-refractivity contribution in [2.75, 3.05) is 14.2 Å². The van der Waals surface area contributed by atoms with Crippen LogP contribution in [0, 0.1) is 5.41 Å². The highest BCUT2D eigenvalue weighted by molar-refractivity contribution is 5.91. The average molecular weight is 235 g/mol. The molecule has 0 aliphatic carbocycles. The number of ether oxygens (including phenoxy) is 1. The van der Waals surface area contributed by atoms with E-state index in [1.807, 2.05) is 24.3 Å². The van der Waals surface area contributed by atoms with Crippen LogP contribution in [-0.2, 0) is 6.54 Å².